The first-order valence-electron chi connectivity index (χ1n) is 36.8. The lowest BCUT2D eigenvalue weighted by Crippen LogP contribution is -2.30. The van der Waals surface area contributed by atoms with Gasteiger partial charge in [0.2, 0.25) is 0 Å². The summed E-state index contributed by atoms with van der Waals surface area (Å²) in [6.45, 7) is 14.1. The number of unbranched alkanes of at least 4 members (excludes halogenated alkanes) is 32. The van der Waals surface area contributed by atoms with E-state index in [0.29, 0.717) is 31.6 Å². The van der Waals surface area contributed by atoms with Gasteiger partial charge in [0.25, 0.3) is 0 Å². The lowest BCUT2D eigenvalue weighted by molar-refractivity contribution is -0.161. The van der Waals surface area contributed by atoms with Crippen LogP contribution in [0.3, 0.4) is 0 Å². The highest BCUT2D eigenvalue weighted by atomic mass is 31.2. The molecule has 90 heavy (non-hydrogen) atoms. The van der Waals surface area contributed by atoms with Gasteiger partial charge in [-0.05, 0) is 49.4 Å². The Kier molecular flexibility index (Phi) is 59.4. The molecule has 0 radical (unpaired) electrons. The first kappa shape index (κ1) is 88.1. The molecular formula is C71H138O17P2. The van der Waals surface area contributed by atoms with Crippen molar-refractivity contribution in [2.24, 2.45) is 23.7 Å². The zero-order valence-electron chi connectivity index (χ0n) is 58.8. The Hall–Kier alpha value is -1.94. The van der Waals surface area contributed by atoms with Gasteiger partial charge < -0.3 is 33.8 Å². The molecule has 0 fully saturated rings. The molecule has 0 saturated heterocycles. The van der Waals surface area contributed by atoms with Crippen LogP contribution in [0, 0.1) is 23.7 Å². The van der Waals surface area contributed by atoms with Crippen LogP contribution in [0.25, 0.3) is 0 Å². The van der Waals surface area contributed by atoms with Gasteiger partial charge in [-0.3, -0.25) is 37.3 Å². The molecule has 0 saturated carbocycles. The Labute approximate surface area is 549 Å². The van der Waals surface area contributed by atoms with E-state index in [1.165, 1.54) is 148 Å². The lowest BCUT2D eigenvalue weighted by Gasteiger charge is -2.21. The molecule has 5 unspecified atom stereocenters. The Morgan fingerprint density at radius 3 is 0.789 bits per heavy atom. The van der Waals surface area contributed by atoms with Crippen molar-refractivity contribution in [3.63, 3.8) is 0 Å². The maximum atomic E-state index is 13.0. The second-order valence-corrected chi connectivity index (χ2v) is 30.0. The number of aliphatic hydroxyl groups excluding tert-OH is 1. The normalized spacial score (nSPS) is 14.9. The minimum absolute atomic E-state index is 0.104. The van der Waals surface area contributed by atoms with Crippen LogP contribution >= 0.6 is 15.6 Å². The fraction of sp³-hybridized carbons (Fsp3) is 0.944. The molecule has 0 bridgehead atoms. The van der Waals surface area contributed by atoms with E-state index < -0.39 is 97.5 Å². The minimum Gasteiger partial charge on any atom is -0.462 e. The second kappa shape index (κ2) is 60.7. The second-order valence-electron chi connectivity index (χ2n) is 27.1. The average molecular weight is 1330 g/mol. The molecule has 0 amide bonds. The van der Waals surface area contributed by atoms with Crippen molar-refractivity contribution >= 4 is 39.5 Å². The quantitative estimate of drug-likeness (QED) is 0.0222. The largest absolute Gasteiger partial charge is 0.472 e. The number of carbonyl (C=O) groups excluding carboxylic acids is 4. The molecule has 0 rings (SSSR count). The van der Waals surface area contributed by atoms with Crippen molar-refractivity contribution in [2.75, 3.05) is 39.6 Å². The van der Waals surface area contributed by atoms with Crippen LogP contribution in [0.5, 0.6) is 0 Å². The number of carbonyl (C=O) groups is 4. The summed E-state index contributed by atoms with van der Waals surface area (Å²) in [6, 6.07) is 0. The molecule has 3 N–H and O–H groups in total. The van der Waals surface area contributed by atoms with Gasteiger partial charge in [-0.25, -0.2) is 9.13 Å². The highest BCUT2D eigenvalue weighted by Gasteiger charge is 2.30. The van der Waals surface area contributed by atoms with E-state index >= 15 is 0 Å². The predicted octanol–water partition coefficient (Wildman–Crippen LogP) is 20.1. The zero-order valence-corrected chi connectivity index (χ0v) is 60.6. The van der Waals surface area contributed by atoms with Crippen LogP contribution < -0.4 is 0 Å². The van der Waals surface area contributed by atoms with Crippen molar-refractivity contribution in [3.05, 3.63) is 0 Å². The van der Waals surface area contributed by atoms with Crippen LogP contribution in [0.1, 0.15) is 351 Å². The molecule has 0 aliphatic rings. The van der Waals surface area contributed by atoms with Crippen LogP contribution in [-0.4, -0.2) is 96.7 Å². The Morgan fingerprint density at radius 2 is 0.533 bits per heavy atom. The topological polar surface area (TPSA) is 237 Å². The summed E-state index contributed by atoms with van der Waals surface area (Å²) >= 11 is 0. The summed E-state index contributed by atoms with van der Waals surface area (Å²) in [5.74, 6) is 0.909. The lowest BCUT2D eigenvalue weighted by atomic mass is 9.99. The summed E-state index contributed by atoms with van der Waals surface area (Å²) in [5, 5.41) is 10.6. The van der Waals surface area contributed by atoms with Crippen LogP contribution in [-0.2, 0) is 65.4 Å². The molecule has 0 heterocycles. The summed E-state index contributed by atoms with van der Waals surface area (Å²) < 4.78 is 68.3. The number of ether oxygens (including phenoxy) is 4. The summed E-state index contributed by atoms with van der Waals surface area (Å²) in [5.41, 5.74) is 0. The number of hydrogen-bond donors (Lipinski definition) is 3. The monoisotopic (exact) mass is 1320 g/mol. The van der Waals surface area contributed by atoms with Crippen LogP contribution in [0.2, 0.25) is 0 Å². The highest BCUT2D eigenvalue weighted by Crippen LogP contribution is 2.45. The van der Waals surface area contributed by atoms with Gasteiger partial charge in [-0.2, -0.15) is 0 Å². The van der Waals surface area contributed by atoms with Crippen molar-refractivity contribution in [3.8, 4) is 0 Å². The summed E-state index contributed by atoms with van der Waals surface area (Å²) in [7, 11) is -9.90. The molecule has 19 heteroatoms. The average Bonchev–Trinajstić information content (AvgIpc) is 3.03. The molecule has 0 aromatic rings. The number of rotatable bonds is 68. The van der Waals surface area contributed by atoms with Gasteiger partial charge in [-0.1, -0.05) is 299 Å². The van der Waals surface area contributed by atoms with Gasteiger partial charge in [0, 0.05) is 25.7 Å². The van der Waals surface area contributed by atoms with E-state index in [1.807, 2.05) is 0 Å². The number of phosphoric ester groups is 2. The number of phosphoric acid groups is 2. The number of hydrogen-bond acceptors (Lipinski definition) is 15. The molecule has 0 aromatic carbocycles. The SMILES string of the molecule is CCC(C)CCCCCCCCCCC(=O)OC[C@H](COP(=O)(O)OCC(O)COP(=O)(O)OC[C@@H](COC(=O)CCCCCCCCCC(C)C)OC(=O)CCCCCCCCCCC(C)CC)OC(=O)CCCCCCCCCCCCCCCC(C)C. The number of esters is 4. The minimum atomic E-state index is -4.95. The predicted molar refractivity (Wildman–Crippen MR) is 363 cm³/mol. The van der Waals surface area contributed by atoms with Crippen LogP contribution in [0.15, 0.2) is 0 Å². The molecule has 534 valence electrons. The Balaban J connectivity index is 5.26. The number of aliphatic hydroxyl groups is 1. The van der Waals surface area contributed by atoms with Gasteiger partial charge in [0.15, 0.2) is 12.2 Å². The summed E-state index contributed by atoms with van der Waals surface area (Å²) in [6.07, 6.45) is 43.0. The fourth-order valence-electron chi connectivity index (χ4n) is 10.6. The van der Waals surface area contributed by atoms with E-state index in [-0.39, 0.29) is 25.7 Å². The molecular weight excluding hydrogens is 1190 g/mol. The van der Waals surface area contributed by atoms with Crippen molar-refractivity contribution in [2.45, 2.75) is 369 Å². The van der Waals surface area contributed by atoms with Crippen LogP contribution in [0.4, 0.5) is 0 Å². The standard InChI is InChI=1S/C71H138O17P2/c1-9-63(7)49-41-33-25-18-20-27-35-43-51-68(73)81-57-66(87-70(75)53-45-37-28-17-15-13-11-12-14-16-23-31-39-47-61(3)4)59-85-89(77,78)83-55-65(72)56-84-90(79,80)86-60-67(58-82-69(74)52-44-36-30-22-24-32-40-48-62(5)6)88-71(76)54-46-38-29-21-19-26-34-42-50-64(8)10-2/h61-67,72H,9-60H2,1-8H3,(H,77,78)(H,79,80)/t63?,64?,65?,66-,67-/m1/s1. The van der Waals surface area contributed by atoms with E-state index in [0.717, 1.165) is 114 Å². The molecule has 0 spiro atoms. The highest BCUT2D eigenvalue weighted by molar-refractivity contribution is 7.47. The Morgan fingerprint density at radius 1 is 0.311 bits per heavy atom. The van der Waals surface area contributed by atoms with Crippen molar-refractivity contribution in [1.82, 2.24) is 0 Å². The van der Waals surface area contributed by atoms with Gasteiger partial charge in [0.1, 0.15) is 19.3 Å². The third-order valence-electron chi connectivity index (χ3n) is 17.0. The maximum absolute atomic E-state index is 13.0. The molecule has 17 nitrogen and oxygen atoms in total. The van der Waals surface area contributed by atoms with E-state index in [1.54, 1.807) is 0 Å². The smallest absolute Gasteiger partial charge is 0.462 e. The van der Waals surface area contributed by atoms with Gasteiger partial charge >= 0.3 is 39.5 Å². The first-order chi connectivity index (χ1) is 43.2. The fourth-order valence-corrected chi connectivity index (χ4v) is 12.2. The van der Waals surface area contributed by atoms with Crippen molar-refractivity contribution in [1.29, 1.82) is 0 Å². The molecule has 0 aromatic heterocycles. The first-order valence-corrected chi connectivity index (χ1v) is 39.8. The molecule has 0 aliphatic heterocycles. The van der Waals surface area contributed by atoms with Gasteiger partial charge in [-0.15, -0.1) is 0 Å². The maximum Gasteiger partial charge on any atom is 0.472 e. The van der Waals surface area contributed by atoms with Crippen molar-refractivity contribution < 1.29 is 80.2 Å². The third kappa shape index (κ3) is 62.2. The zero-order chi connectivity index (χ0) is 66.8. The third-order valence-corrected chi connectivity index (χ3v) is 18.9. The molecule has 0 aliphatic carbocycles. The summed E-state index contributed by atoms with van der Waals surface area (Å²) in [4.78, 5) is 72.6. The van der Waals surface area contributed by atoms with Gasteiger partial charge in [0.05, 0.1) is 26.4 Å². The van der Waals surface area contributed by atoms with E-state index in [9.17, 15) is 43.2 Å². The Bertz CT molecular complexity index is 1790. The van der Waals surface area contributed by atoms with E-state index in [4.69, 9.17) is 37.0 Å². The van der Waals surface area contributed by atoms with E-state index in [2.05, 4.69) is 55.4 Å². The molecule has 7 atom stereocenters.